The lowest BCUT2D eigenvalue weighted by Crippen LogP contribution is -2.05. The lowest BCUT2D eigenvalue weighted by molar-refractivity contribution is -0.133. The fourth-order valence-electron chi connectivity index (χ4n) is 1.79. The maximum atomic E-state index is 10.7. The number of carboxylic acid groups (broad SMARTS) is 1. The average Bonchev–Trinajstić information content (AvgIpc) is 2.75. The zero-order valence-electron chi connectivity index (χ0n) is 10.3. The Morgan fingerprint density at radius 3 is 3.05 bits per heavy atom. The largest absolute Gasteiger partial charge is 0.481 e. The van der Waals surface area contributed by atoms with Crippen LogP contribution in [0.5, 0.6) is 0 Å². The lowest BCUT2D eigenvalue weighted by atomic mass is 10.3. The van der Waals surface area contributed by atoms with Gasteiger partial charge < -0.3 is 9.67 Å². The van der Waals surface area contributed by atoms with Crippen LogP contribution in [0.4, 0.5) is 0 Å². The fourth-order valence-corrected chi connectivity index (χ4v) is 2.81. The van der Waals surface area contributed by atoms with Crippen LogP contribution in [0.1, 0.15) is 13.0 Å². The van der Waals surface area contributed by atoms with E-state index in [1.54, 1.807) is 12.1 Å². The van der Waals surface area contributed by atoms with Crippen LogP contribution in [-0.4, -0.2) is 26.4 Å². The van der Waals surface area contributed by atoms with Gasteiger partial charge in [0.05, 0.1) is 22.3 Å². The quantitative estimate of drug-likeness (QED) is 0.676. The molecule has 0 saturated heterocycles. The number of aliphatic carboxylic acids is 1. The van der Waals surface area contributed by atoms with Gasteiger partial charge in [-0.1, -0.05) is 35.5 Å². The van der Waals surface area contributed by atoms with Gasteiger partial charge in [-0.15, -0.1) is 6.58 Å². The van der Waals surface area contributed by atoms with Gasteiger partial charge in [0.25, 0.3) is 0 Å². The minimum atomic E-state index is -0.874. The SMILES string of the molecule is C=CC(C)n1c(SCC(=O)O)nc2c(Cl)cccc21. The molecular formula is C13H13ClN2O2S. The molecule has 0 fully saturated rings. The highest BCUT2D eigenvalue weighted by Crippen LogP contribution is 2.31. The highest BCUT2D eigenvalue weighted by Gasteiger charge is 2.17. The average molecular weight is 297 g/mol. The third-order valence-electron chi connectivity index (χ3n) is 2.71. The van der Waals surface area contributed by atoms with Crippen LogP contribution in [0, 0.1) is 0 Å². The summed E-state index contributed by atoms with van der Waals surface area (Å²) in [4.78, 5) is 15.1. The summed E-state index contributed by atoms with van der Waals surface area (Å²) in [6.45, 7) is 5.75. The maximum absolute atomic E-state index is 10.7. The number of carboxylic acids is 1. The molecule has 2 aromatic rings. The number of carbonyl (C=O) groups is 1. The molecule has 6 heteroatoms. The molecule has 0 aliphatic heterocycles. The molecule has 0 bridgehead atoms. The first kappa shape index (κ1) is 14.0. The van der Waals surface area contributed by atoms with Crippen LogP contribution in [-0.2, 0) is 4.79 Å². The van der Waals surface area contributed by atoms with Gasteiger partial charge in [0.2, 0.25) is 0 Å². The van der Waals surface area contributed by atoms with Gasteiger partial charge in [0.15, 0.2) is 5.16 Å². The Labute approximate surface area is 120 Å². The van der Waals surface area contributed by atoms with Gasteiger partial charge in [-0.25, -0.2) is 4.98 Å². The van der Waals surface area contributed by atoms with E-state index in [2.05, 4.69) is 11.6 Å². The minimum absolute atomic E-state index is 0.0137. The summed E-state index contributed by atoms with van der Waals surface area (Å²) in [6.07, 6.45) is 1.78. The van der Waals surface area contributed by atoms with Crippen molar-refractivity contribution in [1.29, 1.82) is 0 Å². The molecule has 0 aliphatic rings. The van der Waals surface area contributed by atoms with E-state index in [1.807, 2.05) is 23.6 Å². The zero-order chi connectivity index (χ0) is 14.0. The standard InChI is InChI=1S/C13H13ClN2O2S/c1-3-8(2)16-10-6-4-5-9(14)12(10)15-13(16)19-7-11(17)18/h3-6,8H,1,7H2,2H3,(H,17,18). The van der Waals surface area contributed by atoms with E-state index in [1.165, 1.54) is 11.8 Å². The number of rotatable bonds is 5. The van der Waals surface area contributed by atoms with E-state index in [4.69, 9.17) is 16.7 Å². The molecule has 19 heavy (non-hydrogen) atoms. The monoisotopic (exact) mass is 296 g/mol. The van der Waals surface area contributed by atoms with Crippen LogP contribution >= 0.6 is 23.4 Å². The van der Waals surface area contributed by atoms with Gasteiger partial charge in [-0.2, -0.15) is 0 Å². The molecule has 1 aromatic heterocycles. The third kappa shape index (κ3) is 2.77. The van der Waals surface area contributed by atoms with Crippen molar-refractivity contribution in [2.45, 2.75) is 18.1 Å². The Kier molecular flexibility index (Phi) is 4.17. The number of para-hydroxylation sites is 1. The van der Waals surface area contributed by atoms with Crippen LogP contribution in [0.2, 0.25) is 5.02 Å². The highest BCUT2D eigenvalue weighted by molar-refractivity contribution is 7.99. The number of allylic oxidation sites excluding steroid dienone is 1. The number of hydrogen-bond donors (Lipinski definition) is 1. The van der Waals surface area contributed by atoms with Crippen molar-refractivity contribution in [3.8, 4) is 0 Å². The predicted molar refractivity (Wildman–Crippen MR) is 78.0 cm³/mol. The van der Waals surface area contributed by atoms with Crippen LogP contribution in [0.15, 0.2) is 36.0 Å². The van der Waals surface area contributed by atoms with E-state index in [-0.39, 0.29) is 11.8 Å². The molecule has 1 N–H and O–H groups in total. The topological polar surface area (TPSA) is 55.1 Å². The van der Waals surface area contributed by atoms with E-state index in [0.717, 1.165) is 5.52 Å². The second-order valence-electron chi connectivity index (χ2n) is 4.03. The first-order valence-corrected chi connectivity index (χ1v) is 7.04. The number of imidazole rings is 1. The number of thioether (sulfide) groups is 1. The van der Waals surface area contributed by atoms with E-state index in [9.17, 15) is 4.79 Å². The number of nitrogens with zero attached hydrogens (tertiary/aromatic N) is 2. The zero-order valence-corrected chi connectivity index (χ0v) is 11.9. The smallest absolute Gasteiger partial charge is 0.313 e. The summed E-state index contributed by atoms with van der Waals surface area (Å²) in [5, 5.41) is 9.98. The second kappa shape index (κ2) is 5.67. The molecule has 1 atom stereocenters. The number of halogens is 1. The highest BCUT2D eigenvalue weighted by atomic mass is 35.5. The summed E-state index contributed by atoms with van der Waals surface area (Å²) >= 11 is 7.30. The van der Waals surface area contributed by atoms with Gasteiger partial charge >= 0.3 is 5.97 Å². The Balaban J connectivity index is 2.57. The Hall–Kier alpha value is -1.46. The first-order chi connectivity index (χ1) is 9.04. The van der Waals surface area contributed by atoms with Crippen molar-refractivity contribution in [3.63, 3.8) is 0 Å². The van der Waals surface area contributed by atoms with Crippen molar-refractivity contribution in [3.05, 3.63) is 35.9 Å². The summed E-state index contributed by atoms with van der Waals surface area (Å²) in [5.41, 5.74) is 1.57. The fraction of sp³-hybridized carbons (Fsp3) is 0.231. The minimum Gasteiger partial charge on any atom is -0.481 e. The predicted octanol–water partition coefficient (Wildman–Crippen LogP) is 3.61. The van der Waals surface area contributed by atoms with Crippen molar-refractivity contribution in [2.24, 2.45) is 0 Å². The maximum Gasteiger partial charge on any atom is 0.313 e. The molecule has 1 aromatic carbocycles. The number of fused-ring (bicyclic) bond motifs is 1. The normalized spacial score (nSPS) is 12.5. The van der Waals surface area contributed by atoms with Crippen molar-refractivity contribution in [2.75, 3.05) is 5.75 Å². The molecule has 100 valence electrons. The van der Waals surface area contributed by atoms with Gasteiger partial charge in [-0.3, -0.25) is 4.79 Å². The van der Waals surface area contributed by atoms with Gasteiger partial charge in [0, 0.05) is 0 Å². The summed E-state index contributed by atoms with van der Waals surface area (Å²) in [5.74, 6) is -0.911. The lowest BCUT2D eigenvalue weighted by Gasteiger charge is -2.12. The molecule has 0 aliphatic carbocycles. The van der Waals surface area contributed by atoms with Crippen LogP contribution < -0.4 is 0 Å². The summed E-state index contributed by atoms with van der Waals surface area (Å²) in [6, 6.07) is 5.55. The first-order valence-electron chi connectivity index (χ1n) is 5.68. The summed E-state index contributed by atoms with van der Waals surface area (Å²) < 4.78 is 1.95. The molecule has 2 rings (SSSR count). The van der Waals surface area contributed by atoms with Crippen molar-refractivity contribution >= 4 is 40.4 Å². The number of benzene rings is 1. The Morgan fingerprint density at radius 2 is 2.42 bits per heavy atom. The number of hydrogen-bond acceptors (Lipinski definition) is 3. The van der Waals surface area contributed by atoms with Crippen molar-refractivity contribution < 1.29 is 9.90 Å². The van der Waals surface area contributed by atoms with Gasteiger partial charge in [-0.05, 0) is 19.1 Å². The molecule has 0 radical (unpaired) electrons. The Morgan fingerprint density at radius 1 is 1.68 bits per heavy atom. The molecule has 0 amide bonds. The van der Waals surface area contributed by atoms with Crippen LogP contribution in [0.25, 0.3) is 11.0 Å². The molecule has 0 saturated carbocycles. The van der Waals surface area contributed by atoms with E-state index < -0.39 is 5.97 Å². The second-order valence-corrected chi connectivity index (χ2v) is 5.38. The molecule has 4 nitrogen and oxygen atoms in total. The van der Waals surface area contributed by atoms with Crippen LogP contribution in [0.3, 0.4) is 0 Å². The third-order valence-corrected chi connectivity index (χ3v) is 3.95. The molecular weight excluding hydrogens is 284 g/mol. The Bertz CT molecular complexity index is 639. The van der Waals surface area contributed by atoms with Crippen molar-refractivity contribution in [1.82, 2.24) is 9.55 Å². The van der Waals surface area contributed by atoms with E-state index >= 15 is 0 Å². The number of aromatic nitrogens is 2. The molecule has 1 unspecified atom stereocenters. The van der Waals surface area contributed by atoms with Gasteiger partial charge in [0.1, 0.15) is 5.52 Å². The summed E-state index contributed by atoms with van der Waals surface area (Å²) in [7, 11) is 0. The van der Waals surface area contributed by atoms with E-state index in [0.29, 0.717) is 15.7 Å². The molecule has 0 spiro atoms. The molecule has 1 heterocycles.